The SMILES string of the molecule is CCCCP(=O)(OCC)N1CCC(Oc2ccc(C(=O)N3CCC(N4C(=O)OCc5ccccc54)CC3)c(OC)c2)CC1. The van der Waals surface area contributed by atoms with E-state index < -0.39 is 7.52 Å². The summed E-state index contributed by atoms with van der Waals surface area (Å²) in [6.45, 7) is 7.11. The number of para-hydroxylation sites is 1. The molecule has 0 saturated carbocycles. The zero-order chi connectivity index (χ0) is 30.4. The maximum atomic E-state index is 13.5. The van der Waals surface area contributed by atoms with Crippen LogP contribution in [0, 0.1) is 0 Å². The number of hydrogen-bond donors (Lipinski definition) is 0. The van der Waals surface area contributed by atoms with Gasteiger partial charge in [-0.25, -0.2) is 9.46 Å². The van der Waals surface area contributed by atoms with Crippen LogP contribution in [0.25, 0.3) is 0 Å². The fourth-order valence-electron chi connectivity index (χ4n) is 6.24. The van der Waals surface area contributed by atoms with Gasteiger partial charge in [0.25, 0.3) is 13.4 Å². The van der Waals surface area contributed by atoms with E-state index in [1.54, 1.807) is 24.1 Å². The van der Waals surface area contributed by atoms with Crippen LogP contribution in [0.3, 0.4) is 0 Å². The van der Waals surface area contributed by atoms with Crippen molar-refractivity contribution in [3.63, 3.8) is 0 Å². The van der Waals surface area contributed by atoms with E-state index in [1.165, 1.54) is 0 Å². The molecule has 1 atom stereocenters. The van der Waals surface area contributed by atoms with Gasteiger partial charge in [0.2, 0.25) is 0 Å². The average molecular weight is 614 g/mol. The van der Waals surface area contributed by atoms with Gasteiger partial charge in [0.1, 0.15) is 24.2 Å². The normalized spacial score (nSPS) is 19.8. The second-order valence-corrected chi connectivity index (χ2v) is 13.9. The molecule has 0 bridgehead atoms. The monoisotopic (exact) mass is 613 g/mol. The Hall–Kier alpha value is -3.07. The highest BCUT2D eigenvalue weighted by molar-refractivity contribution is 7.56. The largest absolute Gasteiger partial charge is 0.496 e. The number of methoxy groups -OCH3 is 1. The molecule has 0 spiro atoms. The molecular weight excluding hydrogens is 569 g/mol. The minimum atomic E-state index is -2.80. The van der Waals surface area contributed by atoms with Gasteiger partial charge in [-0.1, -0.05) is 31.5 Å². The summed E-state index contributed by atoms with van der Waals surface area (Å²) in [5.41, 5.74) is 2.38. The van der Waals surface area contributed by atoms with E-state index in [4.69, 9.17) is 18.7 Å². The van der Waals surface area contributed by atoms with Crippen LogP contribution in [0.15, 0.2) is 42.5 Å². The van der Waals surface area contributed by atoms with Gasteiger partial charge in [0.15, 0.2) is 0 Å². The van der Waals surface area contributed by atoms with Crippen LogP contribution in [0.1, 0.15) is 68.3 Å². The lowest BCUT2D eigenvalue weighted by atomic mass is 10.00. The summed E-state index contributed by atoms with van der Waals surface area (Å²) in [5, 5.41) is 0. The Kier molecular flexibility index (Phi) is 10.3. The number of cyclic esters (lactones) is 1. The molecule has 2 saturated heterocycles. The van der Waals surface area contributed by atoms with Gasteiger partial charge in [-0.3, -0.25) is 14.3 Å². The van der Waals surface area contributed by atoms with Gasteiger partial charge >= 0.3 is 6.09 Å². The van der Waals surface area contributed by atoms with E-state index in [2.05, 4.69) is 6.92 Å². The number of rotatable bonds is 11. The molecule has 0 aromatic heterocycles. The molecule has 5 rings (SSSR count). The predicted molar refractivity (Wildman–Crippen MR) is 165 cm³/mol. The molecule has 234 valence electrons. The summed E-state index contributed by atoms with van der Waals surface area (Å²) < 4.78 is 38.6. The third kappa shape index (κ3) is 7.03. The number of amides is 2. The van der Waals surface area contributed by atoms with E-state index in [-0.39, 0.29) is 30.8 Å². The zero-order valence-electron chi connectivity index (χ0n) is 25.5. The number of nitrogens with zero attached hydrogens (tertiary/aromatic N) is 3. The minimum Gasteiger partial charge on any atom is -0.496 e. The van der Waals surface area contributed by atoms with Crippen LogP contribution >= 0.6 is 7.52 Å². The highest BCUT2D eigenvalue weighted by atomic mass is 31.2. The number of carbonyl (C=O) groups is 2. The summed E-state index contributed by atoms with van der Waals surface area (Å²) in [5.74, 6) is 1.01. The van der Waals surface area contributed by atoms with Crippen LogP contribution in [-0.2, 0) is 20.4 Å². The van der Waals surface area contributed by atoms with Crippen LogP contribution in [0.5, 0.6) is 11.5 Å². The third-order valence-corrected chi connectivity index (χ3v) is 11.4. The quantitative estimate of drug-likeness (QED) is 0.271. The number of hydrogen-bond acceptors (Lipinski definition) is 7. The highest BCUT2D eigenvalue weighted by Gasteiger charge is 2.36. The van der Waals surface area contributed by atoms with Crippen LogP contribution in [-0.4, -0.2) is 79.8 Å². The van der Waals surface area contributed by atoms with E-state index in [9.17, 15) is 14.2 Å². The Bertz CT molecular complexity index is 1320. The topological polar surface area (TPSA) is 97.9 Å². The second-order valence-electron chi connectivity index (χ2n) is 11.3. The van der Waals surface area contributed by atoms with Gasteiger partial charge in [-0.15, -0.1) is 0 Å². The van der Waals surface area contributed by atoms with Crippen molar-refractivity contribution in [3.05, 3.63) is 53.6 Å². The third-order valence-electron chi connectivity index (χ3n) is 8.60. The molecular formula is C32H44N3O7P. The van der Waals surface area contributed by atoms with Crippen molar-refractivity contribution < 1.29 is 32.9 Å². The second kappa shape index (κ2) is 14.1. The molecule has 1 unspecified atom stereocenters. The first-order valence-corrected chi connectivity index (χ1v) is 17.3. The first-order valence-electron chi connectivity index (χ1n) is 15.5. The fourth-order valence-corrected chi connectivity index (χ4v) is 8.78. The molecule has 0 aliphatic carbocycles. The molecule has 2 fully saturated rings. The number of carbonyl (C=O) groups excluding carboxylic acids is 2. The van der Waals surface area contributed by atoms with Crippen molar-refractivity contribution in [2.24, 2.45) is 0 Å². The first kappa shape index (κ1) is 31.4. The number of benzene rings is 2. The smallest absolute Gasteiger partial charge is 0.414 e. The van der Waals surface area contributed by atoms with Gasteiger partial charge in [-0.05, 0) is 57.2 Å². The number of likely N-dealkylation sites (tertiary alicyclic amines) is 1. The maximum absolute atomic E-state index is 13.5. The molecule has 43 heavy (non-hydrogen) atoms. The summed E-state index contributed by atoms with van der Waals surface area (Å²) in [7, 11) is -1.25. The van der Waals surface area contributed by atoms with Crippen molar-refractivity contribution in [1.82, 2.24) is 9.57 Å². The van der Waals surface area contributed by atoms with Gasteiger partial charge in [0.05, 0.1) is 25.0 Å². The van der Waals surface area contributed by atoms with E-state index in [0.29, 0.717) is 68.9 Å². The Morgan fingerprint density at radius 3 is 2.47 bits per heavy atom. The summed E-state index contributed by atoms with van der Waals surface area (Å²) in [6.07, 6.45) is 4.93. The maximum Gasteiger partial charge on any atom is 0.414 e. The van der Waals surface area contributed by atoms with Crippen LogP contribution in [0.4, 0.5) is 10.5 Å². The van der Waals surface area contributed by atoms with Crippen molar-refractivity contribution in [1.29, 1.82) is 0 Å². The van der Waals surface area contributed by atoms with E-state index in [0.717, 1.165) is 36.9 Å². The number of fused-ring (bicyclic) bond motifs is 1. The number of unbranched alkanes of at least 4 members (excludes halogenated alkanes) is 1. The lowest BCUT2D eigenvalue weighted by Gasteiger charge is -2.40. The van der Waals surface area contributed by atoms with E-state index >= 15 is 0 Å². The van der Waals surface area contributed by atoms with Crippen LogP contribution in [0.2, 0.25) is 0 Å². The molecule has 3 heterocycles. The van der Waals surface area contributed by atoms with Crippen molar-refractivity contribution >= 4 is 25.2 Å². The van der Waals surface area contributed by atoms with Gasteiger partial charge in [0, 0.05) is 50.0 Å². The molecule has 0 radical (unpaired) electrons. The van der Waals surface area contributed by atoms with Crippen molar-refractivity contribution in [3.8, 4) is 11.5 Å². The Morgan fingerprint density at radius 2 is 1.77 bits per heavy atom. The lowest BCUT2D eigenvalue weighted by molar-refractivity contribution is 0.0705. The molecule has 2 aromatic rings. The minimum absolute atomic E-state index is 0.0191. The molecule has 3 aliphatic rings. The molecule has 11 heteroatoms. The van der Waals surface area contributed by atoms with Gasteiger partial charge < -0.3 is 23.6 Å². The number of piperidine rings is 2. The zero-order valence-corrected chi connectivity index (χ0v) is 26.4. The fraction of sp³-hybridized carbons (Fsp3) is 0.562. The van der Waals surface area contributed by atoms with Crippen LogP contribution < -0.4 is 14.4 Å². The highest BCUT2D eigenvalue weighted by Crippen LogP contribution is 2.52. The Morgan fingerprint density at radius 1 is 1.02 bits per heavy atom. The van der Waals surface area contributed by atoms with E-state index in [1.807, 2.05) is 46.8 Å². The molecule has 10 nitrogen and oxygen atoms in total. The Balaban J connectivity index is 1.17. The lowest BCUT2D eigenvalue weighted by Crippen LogP contribution is -2.50. The van der Waals surface area contributed by atoms with Crippen molar-refractivity contribution in [2.45, 2.75) is 71.1 Å². The number of anilines is 1. The predicted octanol–water partition coefficient (Wildman–Crippen LogP) is 6.33. The number of ether oxygens (including phenoxy) is 3. The molecule has 2 aromatic carbocycles. The van der Waals surface area contributed by atoms with Gasteiger partial charge in [-0.2, -0.15) is 0 Å². The average Bonchev–Trinajstić information content (AvgIpc) is 3.04. The van der Waals surface area contributed by atoms with Crippen molar-refractivity contribution in [2.75, 3.05) is 51.0 Å². The first-order chi connectivity index (χ1) is 20.9. The molecule has 0 N–H and O–H groups in total. The summed E-state index contributed by atoms with van der Waals surface area (Å²) in [4.78, 5) is 29.8. The molecule has 3 aliphatic heterocycles. The summed E-state index contributed by atoms with van der Waals surface area (Å²) in [6, 6.07) is 13.1. The summed E-state index contributed by atoms with van der Waals surface area (Å²) >= 11 is 0. The molecule has 2 amide bonds. The standard InChI is InChI=1S/C32H44N3O7P/c1-4-6-21-43(38,41-5-2)34-19-15-26(16-20-34)42-27-11-12-28(30(22-27)39-3)31(36)33-17-13-25(14-18-33)35-29-10-8-7-9-24(29)23-40-32(35)37/h7-12,22,25-26H,4-6,13-21,23H2,1-3H3. The Labute approximate surface area is 254 Å².